The third kappa shape index (κ3) is 5.29. The number of amides is 3. The van der Waals surface area contributed by atoms with Gasteiger partial charge in [0.1, 0.15) is 5.54 Å². The highest BCUT2D eigenvalue weighted by Crippen LogP contribution is 2.41. The van der Waals surface area contributed by atoms with E-state index in [2.05, 4.69) is 45.0 Å². The molecule has 2 atom stereocenters. The Morgan fingerprint density at radius 3 is 2.05 bits per heavy atom. The zero-order valence-corrected chi connectivity index (χ0v) is 26.2. The van der Waals surface area contributed by atoms with Crippen LogP contribution in [0.15, 0.2) is 72.3 Å². The summed E-state index contributed by atoms with van der Waals surface area (Å²) in [6, 6.07) is 18.9. The summed E-state index contributed by atoms with van der Waals surface area (Å²) in [5.74, 6) is -2.26. The SMILES string of the molecule is COC(=O)[C@@H]1C(=O)N2CCC[C@@]2(C/C=C(\C)CO[Si](c2ccccc2)(c2ccccc2)C(C)(C)C)C(=O)N1C(=O)OC. The first-order valence-electron chi connectivity index (χ1n) is 14.2. The second-order valence-corrected chi connectivity index (χ2v) is 16.2. The second-order valence-electron chi connectivity index (χ2n) is 11.9. The van der Waals surface area contributed by atoms with Crippen molar-refractivity contribution in [3.8, 4) is 0 Å². The zero-order chi connectivity index (χ0) is 30.7. The van der Waals surface area contributed by atoms with Crippen molar-refractivity contribution in [2.75, 3.05) is 27.4 Å². The Morgan fingerprint density at radius 2 is 1.55 bits per heavy atom. The first-order valence-corrected chi connectivity index (χ1v) is 16.1. The number of fused-ring (bicyclic) bond motifs is 1. The average Bonchev–Trinajstić information content (AvgIpc) is 3.43. The maximum absolute atomic E-state index is 13.9. The van der Waals surface area contributed by atoms with Crippen molar-refractivity contribution in [2.24, 2.45) is 0 Å². The van der Waals surface area contributed by atoms with Crippen LogP contribution in [0.3, 0.4) is 0 Å². The van der Waals surface area contributed by atoms with Crippen molar-refractivity contribution in [3.05, 3.63) is 72.3 Å². The number of esters is 1. The Bertz CT molecular complexity index is 1320. The van der Waals surface area contributed by atoms with Crippen molar-refractivity contribution >= 4 is 42.6 Å². The minimum atomic E-state index is -2.78. The average molecular weight is 593 g/mol. The molecule has 10 heteroatoms. The van der Waals surface area contributed by atoms with E-state index in [4.69, 9.17) is 13.9 Å². The topological polar surface area (TPSA) is 102 Å². The van der Waals surface area contributed by atoms with Crippen LogP contribution in [0, 0.1) is 0 Å². The minimum absolute atomic E-state index is 0.175. The van der Waals surface area contributed by atoms with Crippen LogP contribution in [-0.2, 0) is 28.3 Å². The largest absolute Gasteiger partial charge is 0.467 e. The summed E-state index contributed by atoms with van der Waals surface area (Å²) in [6.07, 6.45) is 1.94. The van der Waals surface area contributed by atoms with E-state index in [0.29, 0.717) is 30.9 Å². The molecule has 42 heavy (non-hydrogen) atoms. The van der Waals surface area contributed by atoms with E-state index >= 15 is 0 Å². The number of hydrogen-bond donors (Lipinski definition) is 0. The Labute approximate surface area is 248 Å². The summed E-state index contributed by atoms with van der Waals surface area (Å²) in [7, 11) is -0.567. The van der Waals surface area contributed by atoms with E-state index in [-0.39, 0.29) is 11.5 Å². The molecule has 0 aliphatic carbocycles. The molecule has 3 amide bonds. The maximum Gasteiger partial charge on any atom is 0.417 e. The number of hydrogen-bond acceptors (Lipinski definition) is 7. The van der Waals surface area contributed by atoms with Gasteiger partial charge in [-0.05, 0) is 41.6 Å². The Kier molecular flexibility index (Phi) is 9.08. The number of carbonyl (C=O) groups is 4. The lowest BCUT2D eigenvalue weighted by molar-refractivity contribution is -0.173. The van der Waals surface area contributed by atoms with Gasteiger partial charge < -0.3 is 18.8 Å². The number of carbonyl (C=O) groups excluding carboxylic acids is 4. The summed E-state index contributed by atoms with van der Waals surface area (Å²) >= 11 is 0. The van der Waals surface area contributed by atoms with Gasteiger partial charge in [-0.1, -0.05) is 93.1 Å². The van der Waals surface area contributed by atoms with E-state index in [0.717, 1.165) is 30.2 Å². The first kappa shape index (κ1) is 31.2. The van der Waals surface area contributed by atoms with Crippen molar-refractivity contribution in [1.29, 1.82) is 0 Å². The van der Waals surface area contributed by atoms with E-state index in [1.165, 1.54) is 4.90 Å². The number of nitrogens with zero attached hydrogens (tertiary/aromatic N) is 2. The highest BCUT2D eigenvalue weighted by molar-refractivity contribution is 6.99. The fourth-order valence-corrected chi connectivity index (χ4v) is 10.9. The third-order valence-electron chi connectivity index (χ3n) is 8.38. The fourth-order valence-electron chi connectivity index (χ4n) is 6.31. The third-order valence-corrected chi connectivity index (χ3v) is 13.4. The molecule has 0 unspecified atom stereocenters. The Morgan fingerprint density at radius 1 is 0.976 bits per heavy atom. The van der Waals surface area contributed by atoms with Gasteiger partial charge in [0.05, 0.1) is 20.8 Å². The normalized spacial score (nSPS) is 21.3. The number of imide groups is 1. The van der Waals surface area contributed by atoms with Gasteiger partial charge in [-0.15, -0.1) is 0 Å². The summed E-state index contributed by atoms with van der Waals surface area (Å²) in [5, 5.41) is 2.12. The van der Waals surface area contributed by atoms with Gasteiger partial charge >= 0.3 is 12.1 Å². The maximum atomic E-state index is 13.9. The molecular weight excluding hydrogens is 552 g/mol. The molecular formula is C32H40N2O7Si. The number of piperazine rings is 1. The number of methoxy groups -OCH3 is 2. The molecule has 0 N–H and O–H groups in total. The van der Waals surface area contributed by atoms with Crippen LogP contribution >= 0.6 is 0 Å². The molecule has 0 saturated carbocycles. The van der Waals surface area contributed by atoms with E-state index in [1.807, 2.05) is 49.4 Å². The molecule has 0 spiro atoms. The fraction of sp³-hybridized carbons (Fsp3) is 0.438. The predicted molar refractivity (Wildman–Crippen MR) is 161 cm³/mol. The van der Waals surface area contributed by atoms with Gasteiger partial charge in [-0.3, -0.25) is 9.59 Å². The molecule has 4 rings (SSSR count). The molecule has 2 aromatic carbocycles. The summed E-state index contributed by atoms with van der Waals surface area (Å²) in [5.41, 5.74) is -0.404. The zero-order valence-electron chi connectivity index (χ0n) is 25.2. The molecule has 2 aliphatic heterocycles. The van der Waals surface area contributed by atoms with Gasteiger partial charge in [0.25, 0.3) is 20.1 Å². The van der Waals surface area contributed by atoms with Crippen LogP contribution < -0.4 is 10.4 Å². The van der Waals surface area contributed by atoms with Crippen LogP contribution in [0.5, 0.6) is 0 Å². The van der Waals surface area contributed by atoms with Crippen LogP contribution in [0.2, 0.25) is 5.04 Å². The number of ether oxygens (including phenoxy) is 2. The van der Waals surface area contributed by atoms with E-state index < -0.39 is 43.8 Å². The number of rotatable bonds is 8. The van der Waals surface area contributed by atoms with Gasteiger partial charge in [-0.25, -0.2) is 14.5 Å². The molecule has 2 fully saturated rings. The standard InChI is InChI=1S/C32H40N2O7Si/c1-23(22-41-42(31(2,3)4,24-14-9-7-10-15-24)25-16-11-8-12-17-25)18-20-32-19-13-21-33(32)27(35)26(28(36)39-5)34(29(32)37)30(38)40-6/h7-12,14-18,26H,13,19-22H2,1-6H3/b23-18+/t26-,32+/m0/s1. The second kappa shape index (κ2) is 12.2. The monoisotopic (exact) mass is 592 g/mol. The van der Waals surface area contributed by atoms with Gasteiger partial charge in [-0.2, -0.15) is 0 Å². The molecule has 2 saturated heterocycles. The molecule has 0 aromatic heterocycles. The predicted octanol–water partition coefficient (Wildman–Crippen LogP) is 3.41. The minimum Gasteiger partial charge on any atom is -0.467 e. The molecule has 0 radical (unpaired) electrons. The highest BCUT2D eigenvalue weighted by atomic mass is 28.4. The van der Waals surface area contributed by atoms with Crippen LogP contribution in [0.25, 0.3) is 0 Å². The van der Waals surface area contributed by atoms with Crippen molar-refractivity contribution < 1.29 is 33.1 Å². The molecule has 2 heterocycles. The Hall–Kier alpha value is -3.76. The molecule has 224 valence electrons. The Balaban J connectivity index is 1.67. The lowest BCUT2D eigenvalue weighted by atomic mass is 9.85. The van der Waals surface area contributed by atoms with Crippen LogP contribution in [-0.4, -0.2) is 80.9 Å². The molecule has 2 aromatic rings. The quantitative estimate of drug-likeness (QED) is 0.200. The van der Waals surface area contributed by atoms with E-state index in [1.54, 1.807) is 0 Å². The van der Waals surface area contributed by atoms with Crippen LogP contribution in [0.1, 0.15) is 47.0 Å². The summed E-state index contributed by atoms with van der Waals surface area (Å²) in [6.45, 7) is 9.19. The molecule has 2 aliphatic rings. The van der Waals surface area contributed by atoms with Crippen molar-refractivity contribution in [3.63, 3.8) is 0 Å². The van der Waals surface area contributed by atoms with Crippen molar-refractivity contribution in [1.82, 2.24) is 9.80 Å². The van der Waals surface area contributed by atoms with Gasteiger partial charge in [0.2, 0.25) is 6.04 Å². The lowest BCUT2D eigenvalue weighted by Gasteiger charge is -2.46. The smallest absolute Gasteiger partial charge is 0.417 e. The summed E-state index contributed by atoms with van der Waals surface area (Å²) in [4.78, 5) is 54.6. The molecule has 9 nitrogen and oxygen atoms in total. The van der Waals surface area contributed by atoms with Gasteiger partial charge in [0.15, 0.2) is 0 Å². The lowest BCUT2D eigenvalue weighted by Crippen LogP contribution is -2.72. The first-order chi connectivity index (χ1) is 19.9. The van der Waals surface area contributed by atoms with Crippen LogP contribution in [0.4, 0.5) is 4.79 Å². The van der Waals surface area contributed by atoms with Crippen molar-refractivity contribution in [2.45, 2.75) is 63.6 Å². The number of benzene rings is 2. The highest BCUT2D eigenvalue weighted by Gasteiger charge is 2.62. The molecule has 0 bridgehead atoms. The van der Waals surface area contributed by atoms with E-state index in [9.17, 15) is 19.2 Å². The summed E-state index contributed by atoms with van der Waals surface area (Å²) < 4.78 is 16.6. The van der Waals surface area contributed by atoms with Gasteiger partial charge in [0, 0.05) is 6.54 Å².